The number of ether oxygens (including phenoxy) is 1. The molecule has 3 aromatic carbocycles. The van der Waals surface area contributed by atoms with Crippen molar-refractivity contribution >= 4 is 40.1 Å². The van der Waals surface area contributed by atoms with Crippen molar-refractivity contribution < 1.29 is 9.53 Å². The predicted octanol–water partition coefficient (Wildman–Crippen LogP) is 6.99. The van der Waals surface area contributed by atoms with Crippen LogP contribution in [0.25, 0.3) is 22.0 Å². The molecule has 0 saturated heterocycles. The maximum absolute atomic E-state index is 12.8. The van der Waals surface area contributed by atoms with Crippen molar-refractivity contribution in [3.05, 3.63) is 93.6 Å². The van der Waals surface area contributed by atoms with Crippen LogP contribution in [0.15, 0.2) is 66.7 Å². The largest absolute Gasteiger partial charge is 0.461 e. The van der Waals surface area contributed by atoms with E-state index in [-0.39, 0.29) is 11.9 Å². The molecule has 0 radical (unpaired) electrons. The van der Waals surface area contributed by atoms with Gasteiger partial charge in [-0.1, -0.05) is 71.7 Å². The SMILES string of the molecule is O=C(OCc1ccccc1)C1CCc2[nH]c3c(-c4ccc(Cl)cc4)ccc(Cl)c3c2C1. The molecule has 0 spiro atoms. The van der Waals surface area contributed by atoms with Crippen LogP contribution in [0.1, 0.15) is 23.2 Å². The fraction of sp³-hybridized carbons (Fsp3) is 0.192. The molecule has 0 saturated carbocycles. The summed E-state index contributed by atoms with van der Waals surface area (Å²) in [5, 5.41) is 2.41. The van der Waals surface area contributed by atoms with E-state index < -0.39 is 0 Å². The first-order valence-electron chi connectivity index (χ1n) is 10.4. The Hall–Kier alpha value is -2.75. The summed E-state index contributed by atoms with van der Waals surface area (Å²) < 4.78 is 5.61. The van der Waals surface area contributed by atoms with E-state index in [1.54, 1.807) is 0 Å². The fourth-order valence-electron chi connectivity index (χ4n) is 4.40. The van der Waals surface area contributed by atoms with E-state index >= 15 is 0 Å². The number of carbonyl (C=O) groups is 1. The van der Waals surface area contributed by atoms with Gasteiger partial charge in [-0.2, -0.15) is 0 Å². The number of hydrogen-bond donors (Lipinski definition) is 1. The van der Waals surface area contributed by atoms with Crippen LogP contribution in [0.5, 0.6) is 0 Å². The van der Waals surface area contributed by atoms with Gasteiger partial charge in [0.25, 0.3) is 0 Å². The molecule has 5 rings (SSSR count). The number of nitrogens with one attached hydrogen (secondary N) is 1. The zero-order valence-electron chi connectivity index (χ0n) is 16.8. The van der Waals surface area contributed by atoms with Gasteiger partial charge in [-0.05, 0) is 54.2 Å². The zero-order chi connectivity index (χ0) is 21.4. The van der Waals surface area contributed by atoms with Crippen LogP contribution in [0.3, 0.4) is 0 Å². The number of esters is 1. The van der Waals surface area contributed by atoms with Gasteiger partial charge < -0.3 is 9.72 Å². The Bertz CT molecular complexity index is 1250. The summed E-state index contributed by atoms with van der Waals surface area (Å²) in [4.78, 5) is 16.4. The Morgan fingerprint density at radius 1 is 1.00 bits per heavy atom. The first kappa shape index (κ1) is 20.2. The van der Waals surface area contributed by atoms with E-state index in [0.717, 1.165) is 51.7 Å². The number of aromatic amines is 1. The number of H-pyrrole nitrogens is 1. The summed E-state index contributed by atoms with van der Waals surface area (Å²) in [6.45, 7) is 0.304. The van der Waals surface area contributed by atoms with Gasteiger partial charge in [-0.25, -0.2) is 0 Å². The summed E-state index contributed by atoms with van der Waals surface area (Å²) in [6.07, 6.45) is 2.19. The molecule has 1 N–H and O–H groups in total. The van der Waals surface area contributed by atoms with E-state index in [1.807, 2.05) is 66.7 Å². The molecule has 5 heteroatoms. The average Bonchev–Trinajstić information content (AvgIpc) is 3.19. The lowest BCUT2D eigenvalue weighted by atomic mass is 9.86. The summed E-state index contributed by atoms with van der Waals surface area (Å²) in [6, 6.07) is 21.5. The molecule has 1 aliphatic carbocycles. The summed E-state index contributed by atoms with van der Waals surface area (Å²) >= 11 is 12.7. The number of aryl methyl sites for hydroxylation is 1. The van der Waals surface area contributed by atoms with Crippen LogP contribution < -0.4 is 0 Å². The smallest absolute Gasteiger partial charge is 0.309 e. The second-order valence-corrected chi connectivity index (χ2v) is 8.81. The lowest BCUT2D eigenvalue weighted by Gasteiger charge is -2.21. The Balaban J connectivity index is 1.44. The summed E-state index contributed by atoms with van der Waals surface area (Å²) in [5.74, 6) is -0.306. The lowest BCUT2D eigenvalue weighted by Crippen LogP contribution is -2.24. The van der Waals surface area contributed by atoms with Crippen molar-refractivity contribution in [1.82, 2.24) is 4.98 Å². The van der Waals surface area contributed by atoms with Gasteiger partial charge in [-0.15, -0.1) is 0 Å². The number of halogens is 2. The topological polar surface area (TPSA) is 42.1 Å². The van der Waals surface area contributed by atoms with E-state index in [9.17, 15) is 4.79 Å². The molecular weight excluding hydrogens is 429 g/mol. The van der Waals surface area contributed by atoms with Crippen molar-refractivity contribution in [2.75, 3.05) is 0 Å². The van der Waals surface area contributed by atoms with Crippen LogP contribution in [-0.4, -0.2) is 11.0 Å². The number of aromatic nitrogens is 1. The monoisotopic (exact) mass is 449 g/mol. The normalized spacial score (nSPS) is 15.6. The zero-order valence-corrected chi connectivity index (χ0v) is 18.3. The number of rotatable bonds is 4. The highest BCUT2D eigenvalue weighted by Crippen LogP contribution is 2.40. The van der Waals surface area contributed by atoms with Gasteiger partial charge >= 0.3 is 5.97 Å². The van der Waals surface area contributed by atoms with Gasteiger partial charge in [0.1, 0.15) is 6.61 Å². The number of benzene rings is 3. The minimum absolute atomic E-state index is 0.145. The molecule has 1 aromatic heterocycles. The minimum Gasteiger partial charge on any atom is -0.461 e. The maximum atomic E-state index is 12.8. The predicted molar refractivity (Wildman–Crippen MR) is 126 cm³/mol. The van der Waals surface area contributed by atoms with Crippen molar-refractivity contribution in [3.8, 4) is 11.1 Å². The molecule has 1 aliphatic rings. The average molecular weight is 450 g/mol. The van der Waals surface area contributed by atoms with Crippen LogP contribution in [0.4, 0.5) is 0 Å². The van der Waals surface area contributed by atoms with Crippen molar-refractivity contribution in [2.24, 2.45) is 5.92 Å². The Morgan fingerprint density at radius 3 is 2.55 bits per heavy atom. The van der Waals surface area contributed by atoms with Gasteiger partial charge in [-0.3, -0.25) is 4.79 Å². The Kier molecular flexibility index (Phi) is 5.47. The Morgan fingerprint density at radius 2 is 1.77 bits per heavy atom. The first-order chi connectivity index (χ1) is 15.1. The molecule has 156 valence electrons. The summed E-state index contributed by atoms with van der Waals surface area (Å²) in [5.41, 5.74) is 6.44. The standard InChI is InChI=1S/C26H21Cl2NO2/c27-19-9-6-17(7-10-19)20-11-12-22(28)24-21-14-18(8-13-23(21)29-25(20)24)26(30)31-15-16-4-2-1-3-5-16/h1-7,9-12,18,29H,8,13-15H2. The van der Waals surface area contributed by atoms with Gasteiger partial charge in [0.15, 0.2) is 0 Å². The molecule has 0 amide bonds. The highest BCUT2D eigenvalue weighted by molar-refractivity contribution is 6.36. The second-order valence-electron chi connectivity index (χ2n) is 7.97. The Labute approximate surface area is 191 Å². The van der Waals surface area contributed by atoms with Gasteiger partial charge in [0, 0.05) is 21.7 Å². The van der Waals surface area contributed by atoms with E-state index in [4.69, 9.17) is 27.9 Å². The van der Waals surface area contributed by atoms with E-state index in [2.05, 4.69) is 4.98 Å². The number of carbonyl (C=O) groups excluding carboxylic acids is 1. The third-order valence-electron chi connectivity index (χ3n) is 6.00. The molecule has 4 aromatic rings. The van der Waals surface area contributed by atoms with Crippen LogP contribution in [0.2, 0.25) is 10.0 Å². The van der Waals surface area contributed by atoms with Gasteiger partial charge in [0.2, 0.25) is 0 Å². The molecule has 1 unspecified atom stereocenters. The third-order valence-corrected chi connectivity index (χ3v) is 6.57. The van der Waals surface area contributed by atoms with E-state index in [1.165, 1.54) is 0 Å². The fourth-order valence-corrected chi connectivity index (χ4v) is 4.80. The summed E-state index contributed by atoms with van der Waals surface area (Å²) in [7, 11) is 0. The van der Waals surface area contributed by atoms with Crippen LogP contribution in [-0.2, 0) is 29.0 Å². The second kappa shape index (κ2) is 8.41. The molecule has 1 atom stereocenters. The molecule has 0 bridgehead atoms. The number of fused-ring (bicyclic) bond motifs is 3. The third kappa shape index (κ3) is 3.96. The van der Waals surface area contributed by atoms with Crippen LogP contribution >= 0.6 is 23.2 Å². The highest BCUT2D eigenvalue weighted by Gasteiger charge is 2.30. The molecule has 31 heavy (non-hydrogen) atoms. The van der Waals surface area contributed by atoms with Crippen molar-refractivity contribution in [1.29, 1.82) is 0 Å². The molecule has 3 nitrogen and oxygen atoms in total. The maximum Gasteiger partial charge on any atom is 0.309 e. The molecule has 0 fully saturated rings. The van der Waals surface area contributed by atoms with Gasteiger partial charge in [0.05, 0.1) is 16.5 Å². The first-order valence-corrected chi connectivity index (χ1v) is 11.1. The van der Waals surface area contributed by atoms with Crippen molar-refractivity contribution in [3.63, 3.8) is 0 Å². The highest BCUT2D eigenvalue weighted by atomic mass is 35.5. The molecule has 0 aliphatic heterocycles. The minimum atomic E-state index is -0.162. The molecular formula is C26H21Cl2NO2. The number of hydrogen-bond acceptors (Lipinski definition) is 2. The van der Waals surface area contributed by atoms with E-state index in [0.29, 0.717) is 23.1 Å². The molecule has 1 heterocycles. The lowest BCUT2D eigenvalue weighted by molar-refractivity contribution is -0.150. The van der Waals surface area contributed by atoms with Crippen molar-refractivity contribution in [2.45, 2.75) is 25.9 Å². The van der Waals surface area contributed by atoms with Crippen LogP contribution in [0, 0.1) is 5.92 Å². The quantitative estimate of drug-likeness (QED) is 0.341.